The van der Waals surface area contributed by atoms with Crippen LogP contribution in [0.15, 0.2) is 29.3 Å². The molecule has 0 radical (unpaired) electrons. The minimum Gasteiger partial charge on any atom is -0.493 e. The van der Waals surface area contributed by atoms with Gasteiger partial charge < -0.3 is 15.4 Å². The third kappa shape index (κ3) is 7.00. The molecular weight excluding hydrogens is 465 g/mol. The van der Waals surface area contributed by atoms with Crippen molar-refractivity contribution in [2.75, 3.05) is 20.2 Å². The van der Waals surface area contributed by atoms with Crippen molar-refractivity contribution in [2.45, 2.75) is 46.6 Å². The van der Waals surface area contributed by atoms with E-state index < -0.39 is 0 Å². The van der Waals surface area contributed by atoms with Crippen LogP contribution in [0.25, 0.3) is 0 Å². The first kappa shape index (κ1) is 24.3. The van der Waals surface area contributed by atoms with Crippen molar-refractivity contribution in [1.82, 2.24) is 20.4 Å². The molecular formula is C21H34IN5O. The summed E-state index contributed by atoms with van der Waals surface area (Å²) in [7, 11) is 3.79. The fourth-order valence-corrected chi connectivity index (χ4v) is 3.08. The summed E-state index contributed by atoms with van der Waals surface area (Å²) in [6, 6.07) is 8.36. The zero-order valence-corrected chi connectivity index (χ0v) is 20.2. The van der Waals surface area contributed by atoms with Crippen molar-refractivity contribution >= 4 is 29.9 Å². The Kier molecular flexibility index (Phi) is 10.3. The minimum absolute atomic E-state index is 0. The Morgan fingerprint density at radius 3 is 2.57 bits per heavy atom. The largest absolute Gasteiger partial charge is 0.493 e. The fraction of sp³-hybridized carbons (Fsp3) is 0.524. The van der Waals surface area contributed by atoms with E-state index in [0.717, 1.165) is 42.4 Å². The van der Waals surface area contributed by atoms with Gasteiger partial charge in [-0.25, -0.2) is 0 Å². The summed E-state index contributed by atoms with van der Waals surface area (Å²) in [6.07, 6.45) is 1.83. The molecule has 28 heavy (non-hydrogen) atoms. The molecule has 156 valence electrons. The number of nitrogens with one attached hydrogen (secondary N) is 2. The highest BCUT2D eigenvalue weighted by Crippen LogP contribution is 2.16. The number of para-hydroxylation sites is 1. The summed E-state index contributed by atoms with van der Waals surface area (Å²) in [5.74, 6) is 1.77. The molecule has 1 heterocycles. The van der Waals surface area contributed by atoms with E-state index in [1.807, 2.05) is 29.9 Å². The average molecular weight is 499 g/mol. The number of nitrogens with zero attached hydrogens (tertiary/aromatic N) is 3. The minimum atomic E-state index is 0. The van der Waals surface area contributed by atoms with E-state index in [1.165, 1.54) is 11.3 Å². The number of aliphatic imine (C=N–C) groups is 1. The summed E-state index contributed by atoms with van der Waals surface area (Å²) >= 11 is 0. The molecule has 1 aromatic heterocycles. The van der Waals surface area contributed by atoms with E-state index in [1.54, 1.807) is 7.05 Å². The van der Waals surface area contributed by atoms with Crippen molar-refractivity contribution in [3.8, 4) is 5.75 Å². The van der Waals surface area contributed by atoms with E-state index in [0.29, 0.717) is 6.61 Å². The van der Waals surface area contributed by atoms with Crippen molar-refractivity contribution < 1.29 is 4.74 Å². The Bertz CT molecular complexity index is 772. The van der Waals surface area contributed by atoms with Gasteiger partial charge in [0.05, 0.1) is 12.3 Å². The Morgan fingerprint density at radius 1 is 1.25 bits per heavy atom. The summed E-state index contributed by atoms with van der Waals surface area (Å²) in [6.45, 7) is 9.90. The highest BCUT2D eigenvalue weighted by Gasteiger charge is 2.13. The summed E-state index contributed by atoms with van der Waals surface area (Å²) < 4.78 is 7.77. The lowest BCUT2D eigenvalue weighted by molar-refractivity contribution is 0.309. The van der Waals surface area contributed by atoms with Gasteiger partial charge in [0.25, 0.3) is 0 Å². The normalized spacial score (nSPS) is 12.3. The zero-order valence-electron chi connectivity index (χ0n) is 17.9. The number of benzene rings is 1. The maximum absolute atomic E-state index is 5.83. The van der Waals surface area contributed by atoms with E-state index in [-0.39, 0.29) is 30.0 Å². The van der Waals surface area contributed by atoms with Crippen LogP contribution in [0.4, 0.5) is 0 Å². The molecule has 2 aromatic rings. The van der Waals surface area contributed by atoms with Gasteiger partial charge in [0.1, 0.15) is 5.75 Å². The molecule has 0 aliphatic rings. The van der Waals surface area contributed by atoms with Crippen molar-refractivity contribution in [1.29, 1.82) is 0 Å². The lowest BCUT2D eigenvalue weighted by atomic mass is 10.1. The standard InChI is InChI=1S/C21H33N5O.HI/c1-15-10-7-8-11-20(15)27-13-9-12-23-21(22-5)24-16(2)14-19-17(3)25-26(6)18(19)4;/h7-8,10-11,16H,9,12-14H2,1-6H3,(H2,22,23,24);1H. The van der Waals surface area contributed by atoms with Gasteiger partial charge in [0.2, 0.25) is 0 Å². The highest BCUT2D eigenvalue weighted by atomic mass is 127. The predicted molar refractivity (Wildman–Crippen MR) is 127 cm³/mol. The number of hydrogen-bond acceptors (Lipinski definition) is 3. The summed E-state index contributed by atoms with van der Waals surface area (Å²) in [5.41, 5.74) is 4.79. The molecule has 1 atom stereocenters. The molecule has 7 heteroatoms. The number of guanidine groups is 1. The monoisotopic (exact) mass is 499 g/mol. The number of rotatable bonds is 8. The maximum atomic E-state index is 5.83. The average Bonchev–Trinajstić information content (AvgIpc) is 2.88. The third-order valence-electron chi connectivity index (χ3n) is 4.74. The lowest BCUT2D eigenvalue weighted by Gasteiger charge is -2.18. The molecule has 0 aliphatic carbocycles. The first-order valence-electron chi connectivity index (χ1n) is 9.57. The molecule has 0 fully saturated rings. The maximum Gasteiger partial charge on any atom is 0.191 e. The van der Waals surface area contributed by atoms with Gasteiger partial charge in [-0.3, -0.25) is 9.67 Å². The Balaban J connectivity index is 0.00000392. The smallest absolute Gasteiger partial charge is 0.191 e. The van der Waals surface area contributed by atoms with Gasteiger partial charge in [-0.05, 0) is 57.7 Å². The van der Waals surface area contributed by atoms with Gasteiger partial charge in [0, 0.05) is 32.4 Å². The molecule has 0 saturated heterocycles. The third-order valence-corrected chi connectivity index (χ3v) is 4.74. The molecule has 1 aromatic carbocycles. The first-order valence-corrected chi connectivity index (χ1v) is 9.57. The molecule has 0 saturated carbocycles. The predicted octanol–water partition coefficient (Wildman–Crippen LogP) is 3.53. The second-order valence-corrected chi connectivity index (χ2v) is 6.99. The molecule has 0 aliphatic heterocycles. The van der Waals surface area contributed by atoms with Crippen molar-refractivity contribution in [3.63, 3.8) is 0 Å². The first-order chi connectivity index (χ1) is 12.9. The van der Waals surface area contributed by atoms with Crippen molar-refractivity contribution in [3.05, 3.63) is 46.8 Å². The topological polar surface area (TPSA) is 63.5 Å². The summed E-state index contributed by atoms with van der Waals surface area (Å²) in [5, 5.41) is 11.3. The van der Waals surface area contributed by atoms with Crippen LogP contribution >= 0.6 is 24.0 Å². The van der Waals surface area contributed by atoms with Crippen LogP contribution in [0.2, 0.25) is 0 Å². The Labute approximate surface area is 186 Å². The lowest BCUT2D eigenvalue weighted by Crippen LogP contribution is -2.43. The molecule has 2 N–H and O–H groups in total. The Morgan fingerprint density at radius 2 is 1.96 bits per heavy atom. The molecule has 2 rings (SSSR count). The molecule has 0 spiro atoms. The Hall–Kier alpha value is -1.77. The molecule has 6 nitrogen and oxygen atoms in total. The van der Waals surface area contributed by atoms with E-state index >= 15 is 0 Å². The number of aryl methyl sites for hydroxylation is 3. The molecule has 0 bridgehead atoms. The zero-order chi connectivity index (χ0) is 19.8. The number of aromatic nitrogens is 2. The molecule has 0 amide bonds. The van der Waals surface area contributed by atoms with Gasteiger partial charge in [-0.1, -0.05) is 18.2 Å². The van der Waals surface area contributed by atoms with E-state index in [4.69, 9.17) is 4.74 Å². The summed E-state index contributed by atoms with van der Waals surface area (Å²) in [4.78, 5) is 4.32. The van der Waals surface area contributed by atoms with Crippen LogP contribution in [0.1, 0.15) is 35.9 Å². The van der Waals surface area contributed by atoms with Crippen LogP contribution in [0, 0.1) is 20.8 Å². The van der Waals surface area contributed by atoms with Crippen LogP contribution in [0.5, 0.6) is 5.75 Å². The van der Waals surface area contributed by atoms with E-state index in [2.05, 4.69) is 54.5 Å². The number of halogens is 1. The van der Waals surface area contributed by atoms with E-state index in [9.17, 15) is 0 Å². The van der Waals surface area contributed by atoms with Gasteiger partial charge >= 0.3 is 0 Å². The van der Waals surface area contributed by atoms with Crippen LogP contribution in [-0.2, 0) is 13.5 Å². The number of hydrogen-bond donors (Lipinski definition) is 2. The quantitative estimate of drug-likeness (QED) is 0.253. The van der Waals surface area contributed by atoms with Crippen LogP contribution in [-0.4, -0.2) is 42.0 Å². The highest BCUT2D eigenvalue weighted by molar-refractivity contribution is 14.0. The number of ether oxygens (including phenoxy) is 1. The van der Waals surface area contributed by atoms with Crippen LogP contribution < -0.4 is 15.4 Å². The van der Waals surface area contributed by atoms with Crippen LogP contribution in [0.3, 0.4) is 0 Å². The van der Waals surface area contributed by atoms with Gasteiger partial charge in [-0.2, -0.15) is 5.10 Å². The second-order valence-electron chi connectivity index (χ2n) is 6.99. The fourth-order valence-electron chi connectivity index (χ4n) is 3.08. The second kappa shape index (κ2) is 11.9. The SMILES string of the molecule is CN=C(NCCCOc1ccccc1C)NC(C)Cc1c(C)nn(C)c1C.I. The van der Waals surface area contributed by atoms with Gasteiger partial charge in [-0.15, -0.1) is 24.0 Å². The van der Waals surface area contributed by atoms with Crippen molar-refractivity contribution in [2.24, 2.45) is 12.0 Å². The van der Waals surface area contributed by atoms with Gasteiger partial charge in [0.15, 0.2) is 5.96 Å². The molecule has 1 unspecified atom stereocenters.